The van der Waals surface area contributed by atoms with Gasteiger partial charge in [0.15, 0.2) is 12.1 Å². The van der Waals surface area contributed by atoms with Crippen LogP contribution in [0.5, 0.6) is 0 Å². The van der Waals surface area contributed by atoms with Crippen LogP contribution >= 0.6 is 0 Å². The van der Waals surface area contributed by atoms with E-state index in [1.807, 2.05) is 0 Å². The second-order valence-corrected chi connectivity index (χ2v) is 2.93. The SMILES string of the molecule is CC(O)(O)C(O)C(O)C(O)C(O)O. The van der Waals surface area contributed by atoms with Gasteiger partial charge in [0.1, 0.15) is 18.3 Å². The van der Waals surface area contributed by atoms with Crippen LogP contribution < -0.4 is 0 Å². The van der Waals surface area contributed by atoms with Gasteiger partial charge in [0.05, 0.1) is 0 Å². The molecule has 80 valence electrons. The molecule has 7 heteroatoms. The van der Waals surface area contributed by atoms with Crippen LogP contribution in [-0.2, 0) is 0 Å². The zero-order valence-corrected chi connectivity index (χ0v) is 6.94. The largest absolute Gasteiger partial charge is 0.387 e. The number of aliphatic hydroxyl groups excluding tert-OH is 4. The molecule has 13 heavy (non-hydrogen) atoms. The number of aliphatic hydroxyl groups is 7. The average Bonchev–Trinajstić information content (AvgIpc) is 1.98. The smallest absolute Gasteiger partial charge is 0.189 e. The van der Waals surface area contributed by atoms with Gasteiger partial charge in [-0.2, -0.15) is 0 Å². The number of hydrogen-bond donors (Lipinski definition) is 7. The summed E-state index contributed by atoms with van der Waals surface area (Å²) >= 11 is 0. The summed E-state index contributed by atoms with van der Waals surface area (Å²) in [6.07, 6.45) is -8.52. The lowest BCUT2D eigenvalue weighted by Crippen LogP contribution is -2.54. The Labute approximate surface area is 74.1 Å². The van der Waals surface area contributed by atoms with E-state index in [4.69, 9.17) is 35.7 Å². The topological polar surface area (TPSA) is 142 Å². The van der Waals surface area contributed by atoms with Crippen LogP contribution in [0.4, 0.5) is 0 Å². The van der Waals surface area contributed by atoms with Crippen molar-refractivity contribution < 1.29 is 35.7 Å². The van der Waals surface area contributed by atoms with Gasteiger partial charge in [-0.3, -0.25) is 0 Å². The lowest BCUT2D eigenvalue weighted by Gasteiger charge is -2.30. The number of hydrogen-bond acceptors (Lipinski definition) is 7. The van der Waals surface area contributed by atoms with E-state index in [-0.39, 0.29) is 0 Å². The molecule has 0 amide bonds. The second-order valence-electron chi connectivity index (χ2n) is 2.93. The molecule has 0 aliphatic rings. The van der Waals surface area contributed by atoms with Gasteiger partial charge in [-0.05, 0) is 6.92 Å². The van der Waals surface area contributed by atoms with Crippen LogP contribution in [0, 0.1) is 0 Å². The fourth-order valence-corrected chi connectivity index (χ4v) is 0.687. The summed E-state index contributed by atoms with van der Waals surface area (Å²) in [5.41, 5.74) is 0. The van der Waals surface area contributed by atoms with Gasteiger partial charge in [0.2, 0.25) is 0 Å². The van der Waals surface area contributed by atoms with Crippen molar-refractivity contribution in [2.75, 3.05) is 0 Å². The molecule has 0 heterocycles. The van der Waals surface area contributed by atoms with Gasteiger partial charge >= 0.3 is 0 Å². The van der Waals surface area contributed by atoms with Crippen LogP contribution in [0.15, 0.2) is 0 Å². The van der Waals surface area contributed by atoms with E-state index in [0.29, 0.717) is 0 Å². The third-order valence-corrected chi connectivity index (χ3v) is 1.54. The third kappa shape index (κ3) is 3.53. The fourth-order valence-electron chi connectivity index (χ4n) is 0.687. The van der Waals surface area contributed by atoms with Crippen molar-refractivity contribution in [3.8, 4) is 0 Å². The van der Waals surface area contributed by atoms with E-state index in [1.54, 1.807) is 0 Å². The van der Waals surface area contributed by atoms with Crippen molar-refractivity contribution in [2.45, 2.75) is 37.3 Å². The third-order valence-electron chi connectivity index (χ3n) is 1.54. The first kappa shape index (κ1) is 12.7. The van der Waals surface area contributed by atoms with E-state index in [9.17, 15) is 0 Å². The predicted octanol–water partition coefficient (Wildman–Crippen LogP) is -3.92. The van der Waals surface area contributed by atoms with Gasteiger partial charge in [-0.1, -0.05) is 0 Å². The van der Waals surface area contributed by atoms with Crippen molar-refractivity contribution >= 4 is 0 Å². The molecule has 0 saturated heterocycles. The van der Waals surface area contributed by atoms with Crippen LogP contribution in [0.25, 0.3) is 0 Å². The van der Waals surface area contributed by atoms with E-state index in [0.717, 1.165) is 6.92 Å². The Bertz CT molecular complexity index is 152. The zero-order valence-electron chi connectivity index (χ0n) is 6.94. The first-order valence-corrected chi connectivity index (χ1v) is 3.53. The highest BCUT2D eigenvalue weighted by Gasteiger charge is 2.39. The monoisotopic (exact) mass is 198 g/mol. The Morgan fingerprint density at radius 2 is 1.23 bits per heavy atom. The Kier molecular flexibility index (Phi) is 4.20. The minimum Gasteiger partial charge on any atom is -0.387 e. The lowest BCUT2D eigenvalue weighted by atomic mass is 10.0. The summed E-state index contributed by atoms with van der Waals surface area (Å²) < 4.78 is 0. The summed E-state index contributed by atoms with van der Waals surface area (Å²) in [7, 11) is 0. The first-order chi connectivity index (χ1) is 5.68. The Morgan fingerprint density at radius 3 is 1.46 bits per heavy atom. The second kappa shape index (κ2) is 4.29. The minimum absolute atomic E-state index is 0.775. The summed E-state index contributed by atoms with van der Waals surface area (Å²) in [5, 5.41) is 61.0. The Morgan fingerprint density at radius 1 is 0.846 bits per heavy atom. The summed E-state index contributed by atoms with van der Waals surface area (Å²) in [6.45, 7) is 0.775. The molecule has 3 unspecified atom stereocenters. The van der Waals surface area contributed by atoms with Crippen LogP contribution in [0.2, 0.25) is 0 Å². The van der Waals surface area contributed by atoms with Gasteiger partial charge in [-0.15, -0.1) is 0 Å². The minimum atomic E-state index is -2.63. The van der Waals surface area contributed by atoms with E-state index >= 15 is 0 Å². The fraction of sp³-hybridized carbons (Fsp3) is 1.00. The highest BCUT2D eigenvalue weighted by Crippen LogP contribution is 2.13. The molecule has 7 nitrogen and oxygen atoms in total. The van der Waals surface area contributed by atoms with Gasteiger partial charge < -0.3 is 35.7 Å². The Balaban J connectivity index is 4.34. The summed E-state index contributed by atoms with van der Waals surface area (Å²) in [4.78, 5) is 0. The molecule has 0 aromatic carbocycles. The quantitative estimate of drug-likeness (QED) is 0.229. The number of rotatable bonds is 4. The molecule has 0 saturated carbocycles. The van der Waals surface area contributed by atoms with Crippen LogP contribution in [0.1, 0.15) is 6.92 Å². The maximum Gasteiger partial charge on any atom is 0.189 e. The average molecular weight is 198 g/mol. The molecule has 0 aromatic heterocycles. The standard InChI is InChI=1S/C6H14O7/c1-6(12,13)4(9)2(7)3(8)5(10)11/h2-5,7-13H,1H3. The van der Waals surface area contributed by atoms with Crippen molar-refractivity contribution in [2.24, 2.45) is 0 Å². The molecule has 0 fully saturated rings. The molecular formula is C6H14O7. The molecule has 7 N–H and O–H groups in total. The van der Waals surface area contributed by atoms with E-state index in [1.165, 1.54) is 0 Å². The van der Waals surface area contributed by atoms with Gasteiger partial charge in [0.25, 0.3) is 0 Å². The lowest BCUT2D eigenvalue weighted by molar-refractivity contribution is -0.261. The highest BCUT2D eigenvalue weighted by atomic mass is 16.5. The zero-order chi connectivity index (χ0) is 10.8. The van der Waals surface area contributed by atoms with E-state index in [2.05, 4.69) is 0 Å². The molecule has 3 atom stereocenters. The van der Waals surface area contributed by atoms with Crippen molar-refractivity contribution in [1.29, 1.82) is 0 Å². The molecule has 0 rings (SSSR count). The first-order valence-electron chi connectivity index (χ1n) is 3.53. The van der Waals surface area contributed by atoms with Gasteiger partial charge in [0, 0.05) is 0 Å². The van der Waals surface area contributed by atoms with Crippen molar-refractivity contribution in [3.05, 3.63) is 0 Å². The molecule has 0 aliphatic carbocycles. The predicted molar refractivity (Wildman–Crippen MR) is 39.1 cm³/mol. The van der Waals surface area contributed by atoms with Crippen LogP contribution in [0.3, 0.4) is 0 Å². The van der Waals surface area contributed by atoms with Crippen molar-refractivity contribution in [3.63, 3.8) is 0 Å². The molecule has 0 bridgehead atoms. The van der Waals surface area contributed by atoms with Gasteiger partial charge in [-0.25, -0.2) is 0 Å². The maximum atomic E-state index is 8.95. The molecule has 0 aromatic rings. The Hall–Kier alpha value is -0.280. The molecule has 0 spiro atoms. The summed E-state index contributed by atoms with van der Waals surface area (Å²) in [5.74, 6) is -2.63. The van der Waals surface area contributed by atoms with Crippen molar-refractivity contribution in [1.82, 2.24) is 0 Å². The molecular weight excluding hydrogens is 184 g/mol. The molecule has 0 aliphatic heterocycles. The normalized spacial score (nSPS) is 20.1. The maximum absolute atomic E-state index is 8.95. The summed E-state index contributed by atoms with van der Waals surface area (Å²) in [6, 6.07) is 0. The van der Waals surface area contributed by atoms with Crippen LogP contribution in [-0.4, -0.2) is 66.1 Å². The molecule has 0 radical (unpaired) electrons. The highest BCUT2D eigenvalue weighted by molar-refractivity contribution is 4.83. The van der Waals surface area contributed by atoms with E-state index < -0.39 is 30.4 Å².